The van der Waals surface area contributed by atoms with Gasteiger partial charge in [0.05, 0.1) is 0 Å². The minimum atomic E-state index is -0.593. The van der Waals surface area contributed by atoms with E-state index in [4.69, 9.17) is 4.74 Å². The number of carbonyl (C=O) groups excluding carboxylic acids is 2. The van der Waals surface area contributed by atoms with Crippen LogP contribution in [-0.2, 0) is 9.59 Å². The summed E-state index contributed by atoms with van der Waals surface area (Å²) in [5.41, 5.74) is 3.39. The maximum atomic E-state index is 12.6. The highest BCUT2D eigenvalue weighted by Crippen LogP contribution is 2.23. The standard InChI is InChI=1S/C20H24N2O3/c1-5-18(25-19-11-6-8-13(2)14(19)3)20(24)22-17-10-7-9-16(12-17)21-15(4)23/h6-12,18H,5H2,1-4H3,(H,21,23)(H,22,24)/t18-/m0/s1. The Hall–Kier alpha value is -2.82. The van der Waals surface area contributed by atoms with Crippen LogP contribution in [0.25, 0.3) is 0 Å². The van der Waals surface area contributed by atoms with E-state index in [1.54, 1.807) is 24.3 Å². The van der Waals surface area contributed by atoms with E-state index >= 15 is 0 Å². The lowest BCUT2D eigenvalue weighted by Gasteiger charge is -2.19. The van der Waals surface area contributed by atoms with Crippen molar-refractivity contribution < 1.29 is 14.3 Å². The van der Waals surface area contributed by atoms with Gasteiger partial charge in [-0.05, 0) is 55.7 Å². The highest BCUT2D eigenvalue weighted by molar-refractivity contribution is 5.95. The molecule has 2 N–H and O–H groups in total. The molecule has 1 atom stereocenters. The molecule has 0 fully saturated rings. The molecule has 0 spiro atoms. The largest absolute Gasteiger partial charge is 0.480 e. The molecule has 0 saturated carbocycles. The first-order chi connectivity index (χ1) is 11.9. The minimum Gasteiger partial charge on any atom is -0.480 e. The van der Waals surface area contributed by atoms with E-state index < -0.39 is 6.10 Å². The van der Waals surface area contributed by atoms with E-state index in [9.17, 15) is 9.59 Å². The Morgan fingerprint density at radius 2 is 1.68 bits per heavy atom. The highest BCUT2D eigenvalue weighted by Gasteiger charge is 2.19. The topological polar surface area (TPSA) is 67.4 Å². The third kappa shape index (κ3) is 5.08. The minimum absolute atomic E-state index is 0.159. The Morgan fingerprint density at radius 1 is 1.04 bits per heavy atom. The Kier molecular flexibility index (Phi) is 6.17. The number of anilines is 2. The zero-order valence-electron chi connectivity index (χ0n) is 15.1. The second-order valence-electron chi connectivity index (χ2n) is 5.96. The Bertz CT molecular complexity index is 771. The lowest BCUT2D eigenvalue weighted by molar-refractivity contribution is -0.122. The van der Waals surface area contributed by atoms with E-state index in [0.29, 0.717) is 23.5 Å². The van der Waals surface area contributed by atoms with Crippen LogP contribution in [0.5, 0.6) is 5.75 Å². The van der Waals surface area contributed by atoms with Gasteiger partial charge in [-0.1, -0.05) is 25.1 Å². The first-order valence-electron chi connectivity index (χ1n) is 8.32. The maximum absolute atomic E-state index is 12.6. The predicted molar refractivity (Wildman–Crippen MR) is 100.0 cm³/mol. The van der Waals surface area contributed by atoms with Crippen molar-refractivity contribution in [1.29, 1.82) is 0 Å². The van der Waals surface area contributed by atoms with Gasteiger partial charge in [-0.25, -0.2) is 0 Å². The van der Waals surface area contributed by atoms with Crippen molar-refractivity contribution in [3.63, 3.8) is 0 Å². The lowest BCUT2D eigenvalue weighted by atomic mass is 10.1. The molecule has 2 amide bonds. The monoisotopic (exact) mass is 340 g/mol. The summed E-state index contributed by atoms with van der Waals surface area (Å²) in [6, 6.07) is 12.8. The van der Waals surface area contributed by atoms with Crippen molar-refractivity contribution >= 4 is 23.2 Å². The number of hydrogen-bond acceptors (Lipinski definition) is 3. The summed E-state index contributed by atoms with van der Waals surface area (Å²) in [6.45, 7) is 7.34. The van der Waals surface area contributed by atoms with Gasteiger partial charge < -0.3 is 15.4 Å². The summed E-state index contributed by atoms with van der Waals surface area (Å²) in [7, 11) is 0. The van der Waals surface area contributed by atoms with Gasteiger partial charge in [0, 0.05) is 18.3 Å². The van der Waals surface area contributed by atoms with E-state index in [1.807, 2.05) is 39.0 Å². The number of amides is 2. The van der Waals surface area contributed by atoms with Gasteiger partial charge in [0.2, 0.25) is 5.91 Å². The number of rotatable bonds is 6. The van der Waals surface area contributed by atoms with E-state index in [1.165, 1.54) is 6.92 Å². The number of ether oxygens (including phenoxy) is 1. The molecule has 0 aliphatic heterocycles. The van der Waals surface area contributed by atoms with Crippen LogP contribution < -0.4 is 15.4 Å². The number of carbonyl (C=O) groups is 2. The molecule has 132 valence electrons. The average Bonchev–Trinajstić information content (AvgIpc) is 2.55. The first kappa shape index (κ1) is 18.5. The molecule has 0 saturated heterocycles. The van der Waals surface area contributed by atoms with Crippen molar-refractivity contribution in [2.75, 3.05) is 10.6 Å². The van der Waals surface area contributed by atoms with E-state index in [0.717, 1.165) is 11.1 Å². The quantitative estimate of drug-likeness (QED) is 0.833. The third-order valence-corrected chi connectivity index (χ3v) is 3.94. The van der Waals surface area contributed by atoms with Crippen LogP contribution >= 0.6 is 0 Å². The van der Waals surface area contributed by atoms with Crippen molar-refractivity contribution in [3.05, 3.63) is 53.6 Å². The zero-order valence-corrected chi connectivity index (χ0v) is 15.1. The number of nitrogens with one attached hydrogen (secondary N) is 2. The average molecular weight is 340 g/mol. The molecule has 25 heavy (non-hydrogen) atoms. The van der Waals surface area contributed by atoms with Crippen LogP contribution in [-0.4, -0.2) is 17.9 Å². The molecule has 0 aliphatic rings. The second kappa shape index (κ2) is 8.33. The fourth-order valence-electron chi connectivity index (χ4n) is 2.43. The van der Waals surface area contributed by atoms with Crippen molar-refractivity contribution in [1.82, 2.24) is 0 Å². The van der Waals surface area contributed by atoms with E-state index in [2.05, 4.69) is 10.6 Å². The van der Waals surface area contributed by atoms with Crippen LogP contribution in [0.15, 0.2) is 42.5 Å². The second-order valence-corrected chi connectivity index (χ2v) is 5.96. The Balaban J connectivity index is 2.09. The van der Waals surface area contributed by atoms with Crippen molar-refractivity contribution in [2.45, 2.75) is 40.2 Å². The van der Waals surface area contributed by atoms with Crippen LogP contribution in [0.1, 0.15) is 31.4 Å². The molecule has 2 rings (SSSR count). The molecule has 0 bridgehead atoms. The molecule has 5 nitrogen and oxygen atoms in total. The summed E-state index contributed by atoms with van der Waals surface area (Å²) < 4.78 is 5.92. The highest BCUT2D eigenvalue weighted by atomic mass is 16.5. The molecular weight excluding hydrogens is 316 g/mol. The maximum Gasteiger partial charge on any atom is 0.265 e. The van der Waals surface area contributed by atoms with Crippen LogP contribution in [0.2, 0.25) is 0 Å². The molecule has 0 aromatic heterocycles. The van der Waals surface area contributed by atoms with Crippen LogP contribution in [0.4, 0.5) is 11.4 Å². The van der Waals surface area contributed by atoms with Gasteiger partial charge in [0.15, 0.2) is 6.10 Å². The molecule has 5 heteroatoms. The third-order valence-electron chi connectivity index (χ3n) is 3.94. The summed E-state index contributed by atoms with van der Waals surface area (Å²) in [6.07, 6.45) is -0.0464. The molecule has 2 aromatic rings. The van der Waals surface area contributed by atoms with Gasteiger partial charge in [0.1, 0.15) is 5.75 Å². The molecule has 0 aliphatic carbocycles. The number of benzene rings is 2. The van der Waals surface area contributed by atoms with Crippen molar-refractivity contribution in [2.24, 2.45) is 0 Å². The summed E-state index contributed by atoms with van der Waals surface area (Å²) >= 11 is 0. The van der Waals surface area contributed by atoms with E-state index in [-0.39, 0.29) is 11.8 Å². The van der Waals surface area contributed by atoms with Crippen LogP contribution in [0.3, 0.4) is 0 Å². The molecule has 0 radical (unpaired) electrons. The van der Waals surface area contributed by atoms with Gasteiger partial charge in [0.25, 0.3) is 5.91 Å². The van der Waals surface area contributed by atoms with Gasteiger partial charge in [-0.3, -0.25) is 9.59 Å². The molecular formula is C20H24N2O3. The van der Waals surface area contributed by atoms with Crippen molar-refractivity contribution in [3.8, 4) is 5.75 Å². The summed E-state index contributed by atoms with van der Waals surface area (Å²) in [5, 5.41) is 5.54. The first-order valence-corrected chi connectivity index (χ1v) is 8.32. The van der Waals surface area contributed by atoms with Crippen LogP contribution in [0, 0.1) is 13.8 Å². The predicted octanol–water partition coefficient (Wildman–Crippen LogP) is 4.06. The normalized spacial score (nSPS) is 11.5. The summed E-state index contributed by atoms with van der Waals surface area (Å²) in [4.78, 5) is 23.7. The molecule has 0 unspecified atom stereocenters. The van der Waals surface area contributed by atoms with Gasteiger partial charge in [-0.2, -0.15) is 0 Å². The van der Waals surface area contributed by atoms with Gasteiger partial charge >= 0.3 is 0 Å². The summed E-state index contributed by atoms with van der Waals surface area (Å²) in [5.74, 6) is 0.338. The fraction of sp³-hybridized carbons (Fsp3) is 0.300. The molecule has 0 heterocycles. The number of aryl methyl sites for hydroxylation is 1. The number of hydrogen-bond donors (Lipinski definition) is 2. The Labute approximate surface area is 148 Å². The molecule has 2 aromatic carbocycles. The lowest BCUT2D eigenvalue weighted by Crippen LogP contribution is -2.32. The SMILES string of the molecule is CC[C@H](Oc1cccc(C)c1C)C(=O)Nc1cccc(NC(C)=O)c1. The smallest absolute Gasteiger partial charge is 0.265 e. The Morgan fingerprint density at radius 3 is 2.32 bits per heavy atom. The fourth-order valence-corrected chi connectivity index (χ4v) is 2.43. The van der Waals surface area contributed by atoms with Gasteiger partial charge in [-0.15, -0.1) is 0 Å². The zero-order chi connectivity index (χ0) is 18.4.